The summed E-state index contributed by atoms with van der Waals surface area (Å²) in [5.41, 5.74) is 1.49. The van der Waals surface area contributed by atoms with E-state index < -0.39 is 0 Å². The van der Waals surface area contributed by atoms with Crippen molar-refractivity contribution in [1.82, 2.24) is 0 Å². The van der Waals surface area contributed by atoms with Crippen molar-refractivity contribution in [3.05, 3.63) is 34.3 Å². The summed E-state index contributed by atoms with van der Waals surface area (Å²) in [6, 6.07) is 8.46. The van der Waals surface area contributed by atoms with E-state index in [1.165, 1.54) is 37.7 Å². The summed E-state index contributed by atoms with van der Waals surface area (Å²) >= 11 is 3.50. The van der Waals surface area contributed by atoms with Crippen molar-refractivity contribution in [2.24, 2.45) is 5.41 Å². The standard InChI is InChI=1S/C14H19BrO/c15-13-6-4-5-12(9-13)10-14(11-16)7-2-1-3-8-14/h4-6,9,16H,1-3,7-8,10-11H2. The Labute approximate surface area is 106 Å². The minimum atomic E-state index is 0.152. The van der Waals surface area contributed by atoms with Crippen LogP contribution in [-0.2, 0) is 6.42 Å². The molecule has 0 saturated heterocycles. The molecule has 2 heteroatoms. The third-order valence-corrected chi connectivity index (χ3v) is 4.21. The quantitative estimate of drug-likeness (QED) is 0.891. The van der Waals surface area contributed by atoms with Gasteiger partial charge in [-0.05, 0) is 42.4 Å². The van der Waals surface area contributed by atoms with Crippen LogP contribution < -0.4 is 0 Å². The second-order valence-electron chi connectivity index (χ2n) is 5.03. The first-order chi connectivity index (χ1) is 7.74. The van der Waals surface area contributed by atoms with E-state index in [2.05, 4.69) is 40.2 Å². The molecule has 1 saturated carbocycles. The van der Waals surface area contributed by atoms with Gasteiger partial charge in [-0.1, -0.05) is 47.3 Å². The van der Waals surface area contributed by atoms with Crippen LogP contribution in [0.2, 0.25) is 0 Å². The molecule has 2 rings (SSSR count). The molecule has 1 fully saturated rings. The Balaban J connectivity index is 2.11. The highest BCUT2D eigenvalue weighted by atomic mass is 79.9. The Morgan fingerprint density at radius 1 is 1.19 bits per heavy atom. The topological polar surface area (TPSA) is 20.2 Å². The molecule has 1 aromatic carbocycles. The number of aliphatic hydroxyl groups excluding tert-OH is 1. The van der Waals surface area contributed by atoms with E-state index in [-0.39, 0.29) is 5.41 Å². The van der Waals surface area contributed by atoms with Crippen molar-refractivity contribution in [1.29, 1.82) is 0 Å². The maximum absolute atomic E-state index is 9.66. The van der Waals surface area contributed by atoms with Crippen LogP contribution in [0.15, 0.2) is 28.7 Å². The molecule has 0 spiro atoms. The van der Waals surface area contributed by atoms with Crippen molar-refractivity contribution in [2.75, 3.05) is 6.61 Å². The molecule has 0 heterocycles. The van der Waals surface area contributed by atoms with Crippen LogP contribution in [-0.4, -0.2) is 11.7 Å². The average Bonchev–Trinajstić information content (AvgIpc) is 2.30. The highest BCUT2D eigenvalue weighted by molar-refractivity contribution is 9.10. The zero-order valence-electron chi connectivity index (χ0n) is 9.58. The first-order valence-corrected chi connectivity index (χ1v) is 6.89. The van der Waals surface area contributed by atoms with Crippen molar-refractivity contribution < 1.29 is 5.11 Å². The molecule has 88 valence electrons. The summed E-state index contributed by atoms with van der Waals surface area (Å²) in [4.78, 5) is 0. The van der Waals surface area contributed by atoms with Crippen LogP contribution in [0.25, 0.3) is 0 Å². The van der Waals surface area contributed by atoms with Gasteiger partial charge in [0.05, 0.1) is 0 Å². The van der Waals surface area contributed by atoms with Crippen LogP contribution >= 0.6 is 15.9 Å². The van der Waals surface area contributed by atoms with E-state index in [1.807, 2.05) is 0 Å². The van der Waals surface area contributed by atoms with Gasteiger partial charge in [0.1, 0.15) is 0 Å². The van der Waals surface area contributed by atoms with Crippen LogP contribution in [0.5, 0.6) is 0 Å². The maximum Gasteiger partial charge on any atom is 0.0490 e. The molecule has 1 nitrogen and oxygen atoms in total. The van der Waals surface area contributed by atoms with E-state index in [4.69, 9.17) is 0 Å². The van der Waals surface area contributed by atoms with Crippen molar-refractivity contribution in [2.45, 2.75) is 38.5 Å². The molecule has 0 radical (unpaired) electrons. The number of halogens is 1. The van der Waals surface area contributed by atoms with Gasteiger partial charge in [-0.25, -0.2) is 0 Å². The first kappa shape index (κ1) is 12.1. The highest BCUT2D eigenvalue weighted by Gasteiger charge is 2.31. The van der Waals surface area contributed by atoms with E-state index >= 15 is 0 Å². The SMILES string of the molecule is OCC1(Cc2cccc(Br)c2)CCCCC1. The number of benzene rings is 1. The molecule has 16 heavy (non-hydrogen) atoms. The molecular formula is C14H19BrO. The minimum Gasteiger partial charge on any atom is -0.396 e. The van der Waals surface area contributed by atoms with E-state index in [9.17, 15) is 5.11 Å². The molecule has 1 N–H and O–H groups in total. The third kappa shape index (κ3) is 2.86. The lowest BCUT2D eigenvalue weighted by molar-refractivity contribution is 0.0823. The first-order valence-electron chi connectivity index (χ1n) is 6.09. The fourth-order valence-electron chi connectivity index (χ4n) is 2.77. The van der Waals surface area contributed by atoms with Crippen molar-refractivity contribution in [3.8, 4) is 0 Å². The van der Waals surface area contributed by atoms with Gasteiger partial charge in [0, 0.05) is 11.1 Å². The predicted molar refractivity (Wildman–Crippen MR) is 70.4 cm³/mol. The fraction of sp³-hybridized carbons (Fsp3) is 0.571. The average molecular weight is 283 g/mol. The van der Waals surface area contributed by atoms with Crippen molar-refractivity contribution >= 4 is 15.9 Å². The summed E-state index contributed by atoms with van der Waals surface area (Å²) in [5.74, 6) is 0. The van der Waals surface area contributed by atoms with Crippen LogP contribution in [0, 0.1) is 5.41 Å². The maximum atomic E-state index is 9.66. The molecule has 1 aromatic rings. The van der Waals surface area contributed by atoms with Gasteiger partial charge in [0.2, 0.25) is 0 Å². The molecule has 1 aliphatic carbocycles. The Morgan fingerprint density at radius 3 is 2.56 bits per heavy atom. The van der Waals surface area contributed by atoms with E-state index in [1.54, 1.807) is 0 Å². The van der Waals surface area contributed by atoms with Gasteiger partial charge >= 0.3 is 0 Å². The second kappa shape index (κ2) is 5.33. The number of hydrogen-bond donors (Lipinski definition) is 1. The van der Waals surface area contributed by atoms with Gasteiger partial charge in [-0.3, -0.25) is 0 Å². The second-order valence-corrected chi connectivity index (χ2v) is 5.94. The smallest absolute Gasteiger partial charge is 0.0490 e. The van der Waals surface area contributed by atoms with Gasteiger partial charge in [0.25, 0.3) is 0 Å². The Bertz CT molecular complexity index is 342. The van der Waals surface area contributed by atoms with Gasteiger partial charge < -0.3 is 5.11 Å². The molecule has 0 atom stereocenters. The molecule has 1 aliphatic rings. The minimum absolute atomic E-state index is 0.152. The molecule has 0 aliphatic heterocycles. The monoisotopic (exact) mass is 282 g/mol. The predicted octanol–water partition coefficient (Wildman–Crippen LogP) is 3.93. The van der Waals surface area contributed by atoms with Gasteiger partial charge in [-0.15, -0.1) is 0 Å². The Hall–Kier alpha value is -0.340. The molecule has 0 amide bonds. The molecular weight excluding hydrogens is 264 g/mol. The zero-order valence-corrected chi connectivity index (χ0v) is 11.2. The lowest BCUT2D eigenvalue weighted by atomic mass is 9.71. The summed E-state index contributed by atoms with van der Waals surface area (Å²) in [6.07, 6.45) is 7.25. The molecule has 0 aromatic heterocycles. The summed E-state index contributed by atoms with van der Waals surface area (Å²) in [5, 5.41) is 9.66. The largest absolute Gasteiger partial charge is 0.396 e. The van der Waals surface area contributed by atoms with E-state index in [0.717, 1.165) is 10.9 Å². The summed E-state index contributed by atoms with van der Waals surface area (Å²) in [6.45, 7) is 0.333. The van der Waals surface area contributed by atoms with Crippen LogP contribution in [0.4, 0.5) is 0 Å². The lowest BCUT2D eigenvalue weighted by Gasteiger charge is -2.35. The van der Waals surface area contributed by atoms with Crippen LogP contribution in [0.3, 0.4) is 0 Å². The number of aliphatic hydroxyl groups is 1. The van der Waals surface area contributed by atoms with Gasteiger partial charge in [-0.2, -0.15) is 0 Å². The van der Waals surface area contributed by atoms with Gasteiger partial charge in [0.15, 0.2) is 0 Å². The number of rotatable bonds is 3. The zero-order chi connectivity index (χ0) is 11.4. The molecule has 0 bridgehead atoms. The Kier molecular flexibility index (Phi) is 4.04. The third-order valence-electron chi connectivity index (χ3n) is 3.72. The molecule has 0 unspecified atom stereocenters. The number of hydrogen-bond acceptors (Lipinski definition) is 1. The normalized spacial score (nSPS) is 19.6. The van der Waals surface area contributed by atoms with Crippen molar-refractivity contribution in [3.63, 3.8) is 0 Å². The highest BCUT2D eigenvalue weighted by Crippen LogP contribution is 2.39. The lowest BCUT2D eigenvalue weighted by Crippen LogP contribution is -2.30. The summed E-state index contributed by atoms with van der Waals surface area (Å²) < 4.78 is 1.13. The Morgan fingerprint density at radius 2 is 1.94 bits per heavy atom. The van der Waals surface area contributed by atoms with E-state index in [0.29, 0.717) is 6.61 Å². The van der Waals surface area contributed by atoms with Crippen LogP contribution in [0.1, 0.15) is 37.7 Å². The fourth-order valence-corrected chi connectivity index (χ4v) is 3.22. The summed E-state index contributed by atoms with van der Waals surface area (Å²) in [7, 11) is 0.